The lowest BCUT2D eigenvalue weighted by atomic mass is 10.0. The molecule has 0 atom stereocenters. The molecule has 5 nitrogen and oxygen atoms in total. The number of carbonyl (C=O) groups excluding carboxylic acids is 1. The highest BCUT2D eigenvalue weighted by Gasteiger charge is 2.34. The molecule has 5 heteroatoms. The van der Waals surface area contributed by atoms with Crippen molar-refractivity contribution < 1.29 is 19.4 Å². The number of likely N-dealkylation sites (tertiary alicyclic amines) is 1. The van der Waals surface area contributed by atoms with Crippen molar-refractivity contribution in [3.63, 3.8) is 0 Å². The maximum absolute atomic E-state index is 11.8. The van der Waals surface area contributed by atoms with Crippen LogP contribution in [0.4, 0.5) is 0 Å². The second-order valence-corrected chi connectivity index (χ2v) is 4.61. The number of nitrogens with zero attached hydrogens (tertiary/aromatic N) is 1. The van der Waals surface area contributed by atoms with Gasteiger partial charge in [0.2, 0.25) is 5.91 Å². The van der Waals surface area contributed by atoms with E-state index in [4.69, 9.17) is 9.84 Å². The highest BCUT2D eigenvalue weighted by atomic mass is 16.5. The van der Waals surface area contributed by atoms with Crippen molar-refractivity contribution in [3.8, 4) is 5.75 Å². The third-order valence-electron chi connectivity index (χ3n) is 3.15. The van der Waals surface area contributed by atoms with Crippen molar-refractivity contribution in [2.45, 2.75) is 6.92 Å². The number of rotatable bonds is 5. The molecule has 1 saturated heterocycles. The van der Waals surface area contributed by atoms with Gasteiger partial charge < -0.3 is 14.7 Å². The highest BCUT2D eigenvalue weighted by Crippen LogP contribution is 2.17. The fourth-order valence-corrected chi connectivity index (χ4v) is 1.93. The molecular formula is C15H17NO4. The summed E-state index contributed by atoms with van der Waals surface area (Å²) in [6.45, 7) is 3.13. The topological polar surface area (TPSA) is 66.8 Å². The van der Waals surface area contributed by atoms with E-state index in [0.717, 1.165) is 11.3 Å². The number of carbonyl (C=O) groups is 2. The Morgan fingerprint density at radius 2 is 2.00 bits per heavy atom. The average Bonchev–Trinajstić information content (AvgIpc) is 2.36. The van der Waals surface area contributed by atoms with Crippen LogP contribution in [-0.4, -0.2) is 41.6 Å². The Hall–Kier alpha value is -2.30. The molecule has 0 aliphatic carbocycles. The number of aliphatic carboxylic acids is 1. The molecule has 0 bridgehead atoms. The molecule has 0 unspecified atom stereocenters. The Labute approximate surface area is 117 Å². The van der Waals surface area contributed by atoms with E-state index in [1.165, 1.54) is 11.0 Å². The number of hydrogen-bond donors (Lipinski definition) is 1. The third-order valence-corrected chi connectivity index (χ3v) is 3.15. The Morgan fingerprint density at radius 3 is 2.55 bits per heavy atom. The summed E-state index contributed by atoms with van der Waals surface area (Å²) in [7, 11) is 0. The van der Waals surface area contributed by atoms with Crippen molar-refractivity contribution in [3.05, 3.63) is 35.9 Å². The van der Waals surface area contributed by atoms with Gasteiger partial charge in [0.25, 0.3) is 0 Å². The highest BCUT2D eigenvalue weighted by molar-refractivity contribution is 5.93. The summed E-state index contributed by atoms with van der Waals surface area (Å²) in [6, 6.07) is 7.42. The van der Waals surface area contributed by atoms with Crippen molar-refractivity contribution in [2.24, 2.45) is 5.92 Å². The Morgan fingerprint density at radius 1 is 1.35 bits per heavy atom. The first-order valence-corrected chi connectivity index (χ1v) is 6.53. The largest absolute Gasteiger partial charge is 0.494 e. The number of amides is 1. The molecule has 0 spiro atoms. The predicted molar refractivity (Wildman–Crippen MR) is 74.4 cm³/mol. The average molecular weight is 275 g/mol. The smallest absolute Gasteiger partial charge is 0.310 e. The van der Waals surface area contributed by atoms with Crippen LogP contribution < -0.4 is 4.74 Å². The van der Waals surface area contributed by atoms with Crippen LogP contribution in [0.5, 0.6) is 5.75 Å². The first-order chi connectivity index (χ1) is 9.60. The molecule has 1 amide bonds. The normalized spacial score (nSPS) is 15.2. The Balaban J connectivity index is 1.86. The molecule has 1 aromatic carbocycles. The zero-order chi connectivity index (χ0) is 14.5. The fourth-order valence-electron chi connectivity index (χ4n) is 1.93. The van der Waals surface area contributed by atoms with Crippen LogP contribution in [0.3, 0.4) is 0 Å². The summed E-state index contributed by atoms with van der Waals surface area (Å²) in [5.41, 5.74) is 0.900. The minimum atomic E-state index is -0.843. The predicted octanol–water partition coefficient (Wildman–Crippen LogP) is 1.64. The lowest BCUT2D eigenvalue weighted by Crippen LogP contribution is -2.52. The molecule has 0 radical (unpaired) electrons. The molecule has 0 aromatic heterocycles. The van der Waals surface area contributed by atoms with E-state index in [9.17, 15) is 9.59 Å². The first kappa shape index (κ1) is 14.1. The van der Waals surface area contributed by atoms with E-state index in [1.807, 2.05) is 31.2 Å². The van der Waals surface area contributed by atoms with E-state index in [1.54, 1.807) is 6.08 Å². The minimum Gasteiger partial charge on any atom is -0.494 e. The number of carboxylic acid groups (broad SMARTS) is 1. The molecule has 20 heavy (non-hydrogen) atoms. The van der Waals surface area contributed by atoms with Crippen molar-refractivity contribution in [2.75, 3.05) is 19.7 Å². The first-order valence-electron chi connectivity index (χ1n) is 6.53. The van der Waals surface area contributed by atoms with Crippen molar-refractivity contribution in [1.29, 1.82) is 0 Å². The molecule has 0 saturated carbocycles. The van der Waals surface area contributed by atoms with Crippen LogP contribution in [0.1, 0.15) is 12.5 Å². The number of carboxylic acids is 1. The van der Waals surface area contributed by atoms with Crippen LogP contribution in [0.15, 0.2) is 30.3 Å². The van der Waals surface area contributed by atoms with Gasteiger partial charge in [-0.05, 0) is 30.7 Å². The molecule has 1 aliphatic heterocycles. The molecular weight excluding hydrogens is 258 g/mol. The van der Waals surface area contributed by atoms with Crippen LogP contribution in [-0.2, 0) is 9.59 Å². The van der Waals surface area contributed by atoms with E-state index >= 15 is 0 Å². The monoisotopic (exact) mass is 275 g/mol. The summed E-state index contributed by atoms with van der Waals surface area (Å²) in [5, 5.41) is 8.74. The van der Waals surface area contributed by atoms with Gasteiger partial charge in [0.1, 0.15) is 5.75 Å². The lowest BCUT2D eigenvalue weighted by molar-refractivity contribution is -0.151. The van der Waals surface area contributed by atoms with Crippen molar-refractivity contribution >= 4 is 18.0 Å². The van der Waals surface area contributed by atoms with E-state index in [0.29, 0.717) is 19.7 Å². The minimum absolute atomic E-state index is 0.156. The SMILES string of the molecule is CCOc1ccc(C=CC(=O)N2CC(C(=O)O)C2)cc1. The maximum Gasteiger partial charge on any atom is 0.310 e. The Bertz CT molecular complexity index is 515. The maximum atomic E-state index is 11.8. The van der Waals surface area contributed by atoms with Gasteiger partial charge in [-0.25, -0.2) is 0 Å². The second kappa shape index (κ2) is 6.23. The second-order valence-electron chi connectivity index (χ2n) is 4.61. The van der Waals surface area contributed by atoms with Crippen LogP contribution in [0, 0.1) is 5.92 Å². The fraction of sp³-hybridized carbons (Fsp3) is 0.333. The van der Waals surface area contributed by atoms with E-state index < -0.39 is 11.9 Å². The summed E-state index contributed by atoms with van der Waals surface area (Å²) >= 11 is 0. The van der Waals surface area contributed by atoms with Gasteiger partial charge in [-0.1, -0.05) is 12.1 Å². The van der Waals surface area contributed by atoms with Gasteiger partial charge in [0.05, 0.1) is 12.5 Å². The molecule has 1 N–H and O–H groups in total. The van der Waals surface area contributed by atoms with Crippen LogP contribution in [0.25, 0.3) is 6.08 Å². The summed E-state index contributed by atoms with van der Waals surface area (Å²) < 4.78 is 5.33. The van der Waals surface area contributed by atoms with Gasteiger partial charge >= 0.3 is 5.97 Å². The number of hydrogen-bond acceptors (Lipinski definition) is 3. The zero-order valence-corrected chi connectivity index (χ0v) is 11.3. The van der Waals surface area contributed by atoms with Gasteiger partial charge in [0.15, 0.2) is 0 Å². The van der Waals surface area contributed by atoms with Gasteiger partial charge in [-0.15, -0.1) is 0 Å². The Kier molecular flexibility index (Phi) is 4.40. The van der Waals surface area contributed by atoms with Crippen molar-refractivity contribution in [1.82, 2.24) is 4.90 Å². The van der Waals surface area contributed by atoms with E-state index in [2.05, 4.69) is 0 Å². The molecule has 2 rings (SSSR count). The summed E-state index contributed by atoms with van der Waals surface area (Å²) in [4.78, 5) is 23.9. The van der Waals surface area contributed by atoms with Gasteiger partial charge in [-0.2, -0.15) is 0 Å². The molecule has 1 fully saturated rings. The third kappa shape index (κ3) is 3.38. The molecule has 1 aliphatic rings. The van der Waals surface area contributed by atoms with E-state index in [-0.39, 0.29) is 5.91 Å². The van der Waals surface area contributed by atoms with Crippen LogP contribution in [0.2, 0.25) is 0 Å². The lowest BCUT2D eigenvalue weighted by Gasteiger charge is -2.35. The molecule has 1 heterocycles. The quantitative estimate of drug-likeness (QED) is 0.830. The zero-order valence-electron chi connectivity index (χ0n) is 11.3. The van der Waals surface area contributed by atoms with Gasteiger partial charge in [0, 0.05) is 19.2 Å². The number of ether oxygens (including phenoxy) is 1. The summed E-state index contributed by atoms with van der Waals surface area (Å²) in [6.07, 6.45) is 3.18. The van der Waals surface area contributed by atoms with Gasteiger partial charge in [-0.3, -0.25) is 9.59 Å². The molecule has 106 valence electrons. The molecule has 1 aromatic rings. The standard InChI is InChI=1S/C15H17NO4/c1-2-20-13-6-3-11(4-7-13)5-8-14(17)16-9-12(10-16)15(18)19/h3-8,12H,2,9-10H2,1H3,(H,18,19). The number of benzene rings is 1. The summed E-state index contributed by atoms with van der Waals surface area (Å²) in [5.74, 6) is -0.623. The van der Waals surface area contributed by atoms with Crippen LogP contribution >= 0.6 is 0 Å².